The summed E-state index contributed by atoms with van der Waals surface area (Å²) in [6, 6.07) is 4.33. The molecule has 0 radical (unpaired) electrons. The van der Waals surface area contributed by atoms with Crippen molar-refractivity contribution in [2.45, 2.75) is 4.90 Å². The molecule has 2 nitrogen and oxygen atoms in total. The molecule has 0 unspecified atom stereocenters. The third kappa shape index (κ3) is 2.60. The number of hydrogen-bond donors (Lipinski definition) is 2. The molecule has 70 valence electrons. The summed E-state index contributed by atoms with van der Waals surface area (Å²) in [5, 5.41) is 2.31. The Morgan fingerprint density at radius 3 is 2.85 bits per heavy atom. The number of carbonyl (C=O) groups is 1. The summed E-state index contributed by atoms with van der Waals surface area (Å²) in [6.45, 7) is 0. The van der Waals surface area contributed by atoms with Crippen LogP contribution >= 0.6 is 24.2 Å². The summed E-state index contributed by atoms with van der Waals surface area (Å²) in [6.07, 6.45) is 0. The fraction of sp³-hybridized carbons (Fsp3) is 0.125. The highest BCUT2D eigenvalue weighted by Crippen LogP contribution is 2.22. The first-order valence-electron chi connectivity index (χ1n) is 3.48. The van der Waals surface area contributed by atoms with E-state index in [1.54, 1.807) is 6.07 Å². The lowest BCUT2D eigenvalue weighted by molar-refractivity contribution is -0.114. The van der Waals surface area contributed by atoms with Gasteiger partial charge in [0.25, 0.3) is 0 Å². The van der Waals surface area contributed by atoms with E-state index < -0.39 is 11.7 Å². The van der Waals surface area contributed by atoms with Crippen molar-refractivity contribution in [3.05, 3.63) is 24.0 Å². The molecule has 0 saturated heterocycles. The molecule has 0 aliphatic rings. The van der Waals surface area contributed by atoms with E-state index in [4.69, 9.17) is 11.6 Å². The van der Waals surface area contributed by atoms with Crippen LogP contribution in [0.3, 0.4) is 0 Å². The Morgan fingerprint density at radius 1 is 1.62 bits per heavy atom. The van der Waals surface area contributed by atoms with Gasteiger partial charge in [-0.3, -0.25) is 4.79 Å². The lowest BCUT2D eigenvalue weighted by Gasteiger charge is -2.06. The molecule has 1 aromatic carbocycles. The van der Waals surface area contributed by atoms with Crippen molar-refractivity contribution in [2.75, 3.05) is 11.2 Å². The van der Waals surface area contributed by atoms with Gasteiger partial charge in [0.1, 0.15) is 11.7 Å². The number of thiol groups is 1. The van der Waals surface area contributed by atoms with E-state index in [0.717, 1.165) is 0 Å². The van der Waals surface area contributed by atoms with E-state index in [1.165, 1.54) is 12.1 Å². The second-order valence-corrected chi connectivity index (χ2v) is 3.06. The standard InChI is InChI=1S/C8H7ClFNOS/c9-4-7(12)11-8-5(10)2-1-3-6(8)13/h1-3,13H,4H2,(H,11,12). The molecular formula is C8H7ClFNOS. The van der Waals surface area contributed by atoms with E-state index in [1.807, 2.05) is 0 Å². The van der Waals surface area contributed by atoms with Gasteiger partial charge in [-0.25, -0.2) is 4.39 Å². The van der Waals surface area contributed by atoms with Gasteiger partial charge in [-0.1, -0.05) is 6.07 Å². The zero-order valence-electron chi connectivity index (χ0n) is 6.55. The van der Waals surface area contributed by atoms with Crippen LogP contribution in [0.2, 0.25) is 0 Å². The number of halogens is 2. The van der Waals surface area contributed by atoms with E-state index in [9.17, 15) is 9.18 Å². The molecule has 1 amide bonds. The highest BCUT2D eigenvalue weighted by atomic mass is 35.5. The predicted molar refractivity (Wildman–Crippen MR) is 53.0 cm³/mol. The molecule has 0 spiro atoms. The van der Waals surface area contributed by atoms with Crippen LogP contribution in [0.1, 0.15) is 0 Å². The average molecular weight is 220 g/mol. The summed E-state index contributed by atoms with van der Waals surface area (Å²) in [7, 11) is 0. The third-order valence-electron chi connectivity index (χ3n) is 1.38. The van der Waals surface area contributed by atoms with Crippen molar-refractivity contribution in [1.29, 1.82) is 0 Å². The fourth-order valence-electron chi connectivity index (χ4n) is 0.809. The number of nitrogens with one attached hydrogen (secondary N) is 1. The van der Waals surface area contributed by atoms with E-state index in [-0.39, 0.29) is 11.6 Å². The number of anilines is 1. The molecule has 5 heteroatoms. The van der Waals surface area contributed by atoms with Gasteiger partial charge in [0, 0.05) is 4.90 Å². The summed E-state index contributed by atoms with van der Waals surface area (Å²) >= 11 is 9.23. The van der Waals surface area contributed by atoms with Crippen molar-refractivity contribution < 1.29 is 9.18 Å². The molecular weight excluding hydrogens is 213 g/mol. The Kier molecular flexibility index (Phi) is 3.57. The second-order valence-electron chi connectivity index (χ2n) is 2.32. The Morgan fingerprint density at radius 2 is 2.31 bits per heavy atom. The molecule has 1 aromatic rings. The summed E-state index contributed by atoms with van der Waals surface area (Å²) in [4.78, 5) is 11.2. The SMILES string of the molecule is O=C(CCl)Nc1c(F)cccc1S. The average Bonchev–Trinajstić information content (AvgIpc) is 2.11. The molecule has 13 heavy (non-hydrogen) atoms. The first kappa shape index (κ1) is 10.3. The molecule has 0 aromatic heterocycles. The first-order chi connectivity index (χ1) is 6.15. The molecule has 0 bridgehead atoms. The molecule has 0 aliphatic carbocycles. The molecule has 1 rings (SSSR count). The summed E-state index contributed by atoms with van der Waals surface area (Å²) in [5.74, 6) is -1.19. The van der Waals surface area contributed by atoms with Crippen molar-refractivity contribution in [2.24, 2.45) is 0 Å². The smallest absolute Gasteiger partial charge is 0.239 e. The molecule has 0 aliphatic heterocycles. The zero-order chi connectivity index (χ0) is 9.84. The number of amides is 1. The maximum atomic E-state index is 13.0. The maximum Gasteiger partial charge on any atom is 0.239 e. The second kappa shape index (κ2) is 4.48. The number of para-hydroxylation sites is 1. The van der Waals surface area contributed by atoms with Crippen molar-refractivity contribution >= 4 is 35.8 Å². The van der Waals surface area contributed by atoms with E-state index in [2.05, 4.69) is 17.9 Å². The van der Waals surface area contributed by atoms with Gasteiger partial charge < -0.3 is 5.32 Å². The topological polar surface area (TPSA) is 29.1 Å². The maximum absolute atomic E-state index is 13.0. The zero-order valence-corrected chi connectivity index (χ0v) is 8.20. The number of benzene rings is 1. The Hall–Kier alpha value is -0.740. The van der Waals surface area contributed by atoms with Gasteiger partial charge in [0.15, 0.2) is 0 Å². The molecule has 0 heterocycles. The quantitative estimate of drug-likeness (QED) is 0.580. The van der Waals surface area contributed by atoms with Gasteiger partial charge in [-0.2, -0.15) is 0 Å². The number of hydrogen-bond acceptors (Lipinski definition) is 2. The van der Waals surface area contributed by atoms with Gasteiger partial charge in [-0.05, 0) is 12.1 Å². The van der Waals surface area contributed by atoms with Crippen LogP contribution in [-0.4, -0.2) is 11.8 Å². The largest absolute Gasteiger partial charge is 0.322 e. The third-order valence-corrected chi connectivity index (χ3v) is 1.99. The van der Waals surface area contributed by atoms with E-state index >= 15 is 0 Å². The summed E-state index contributed by atoms with van der Waals surface area (Å²) < 4.78 is 13.0. The molecule has 0 fully saturated rings. The Labute approximate surface area is 85.5 Å². The highest BCUT2D eigenvalue weighted by molar-refractivity contribution is 7.80. The van der Waals surface area contributed by atoms with Crippen LogP contribution in [0.5, 0.6) is 0 Å². The van der Waals surface area contributed by atoms with Crippen LogP contribution in [-0.2, 0) is 4.79 Å². The number of alkyl halides is 1. The first-order valence-corrected chi connectivity index (χ1v) is 4.46. The molecule has 0 atom stereocenters. The van der Waals surface area contributed by atoms with Crippen LogP contribution in [0.15, 0.2) is 23.1 Å². The summed E-state index contributed by atoms with van der Waals surface area (Å²) in [5.41, 5.74) is 0.0662. The Bertz CT molecular complexity index is 312. The molecule has 1 N–H and O–H groups in total. The van der Waals surface area contributed by atoms with Crippen LogP contribution in [0.25, 0.3) is 0 Å². The number of carbonyl (C=O) groups excluding carboxylic acids is 1. The lowest BCUT2D eigenvalue weighted by Crippen LogP contribution is -2.14. The van der Waals surface area contributed by atoms with E-state index in [0.29, 0.717) is 4.90 Å². The van der Waals surface area contributed by atoms with Crippen molar-refractivity contribution in [3.8, 4) is 0 Å². The van der Waals surface area contributed by atoms with Gasteiger partial charge in [0.2, 0.25) is 5.91 Å². The monoisotopic (exact) mass is 219 g/mol. The minimum atomic E-state index is -0.522. The normalized spacial score (nSPS) is 9.77. The lowest BCUT2D eigenvalue weighted by atomic mass is 10.3. The molecule has 0 saturated carbocycles. The minimum Gasteiger partial charge on any atom is -0.322 e. The van der Waals surface area contributed by atoms with Crippen LogP contribution < -0.4 is 5.32 Å². The van der Waals surface area contributed by atoms with Crippen molar-refractivity contribution in [3.63, 3.8) is 0 Å². The van der Waals surface area contributed by atoms with Gasteiger partial charge in [0.05, 0.1) is 5.69 Å². The van der Waals surface area contributed by atoms with Crippen LogP contribution in [0, 0.1) is 5.82 Å². The van der Waals surface area contributed by atoms with Gasteiger partial charge >= 0.3 is 0 Å². The van der Waals surface area contributed by atoms with Gasteiger partial charge in [-0.15, -0.1) is 24.2 Å². The highest BCUT2D eigenvalue weighted by Gasteiger charge is 2.08. The fourth-order valence-corrected chi connectivity index (χ4v) is 1.12. The minimum absolute atomic E-state index is 0.0662. The Balaban J connectivity index is 2.93. The number of rotatable bonds is 2. The van der Waals surface area contributed by atoms with Crippen LogP contribution in [0.4, 0.5) is 10.1 Å². The van der Waals surface area contributed by atoms with Crippen molar-refractivity contribution in [1.82, 2.24) is 0 Å². The predicted octanol–water partition coefficient (Wildman–Crippen LogP) is 2.29.